The number of nitrogens with zero attached hydrogens (tertiary/aromatic N) is 2. The van der Waals surface area contributed by atoms with Crippen LogP contribution in [0.15, 0.2) is 16.8 Å². The summed E-state index contributed by atoms with van der Waals surface area (Å²) in [4.78, 5) is 28.1. The van der Waals surface area contributed by atoms with Gasteiger partial charge in [0.05, 0.1) is 5.56 Å². The minimum Gasteiger partial charge on any atom is -0.338 e. The first-order valence-corrected chi connectivity index (χ1v) is 9.00. The van der Waals surface area contributed by atoms with E-state index < -0.39 is 0 Å². The monoisotopic (exact) mass is 333 g/mol. The molecule has 2 atom stereocenters. The zero-order chi connectivity index (χ0) is 16.6. The van der Waals surface area contributed by atoms with E-state index >= 15 is 0 Å². The fraction of sp³-hybridized carbons (Fsp3) is 0.588. The van der Waals surface area contributed by atoms with Crippen LogP contribution in [-0.2, 0) is 4.79 Å². The Morgan fingerprint density at radius 2 is 2.22 bits per heavy atom. The number of hydrogen-bond donors (Lipinski definition) is 1. The van der Waals surface area contributed by atoms with Gasteiger partial charge < -0.3 is 9.80 Å². The summed E-state index contributed by atoms with van der Waals surface area (Å²) in [5.41, 5.74) is 0.543. The van der Waals surface area contributed by atoms with E-state index in [1.54, 1.807) is 7.05 Å². The van der Waals surface area contributed by atoms with Crippen LogP contribution in [0, 0.1) is 16.7 Å². The Labute approximate surface area is 140 Å². The number of thiophene rings is 1. The number of carbonyl (C=O) groups excluding carboxylic acids is 2. The molecule has 3 rings (SSSR count). The molecule has 5 nitrogen and oxygen atoms in total. The van der Waals surface area contributed by atoms with E-state index in [0.29, 0.717) is 25.2 Å². The van der Waals surface area contributed by atoms with Crippen LogP contribution in [0.5, 0.6) is 0 Å². The fourth-order valence-corrected chi connectivity index (χ4v) is 4.40. The highest BCUT2D eigenvalue weighted by molar-refractivity contribution is 7.08. The largest absolute Gasteiger partial charge is 0.338 e. The second-order valence-electron chi connectivity index (χ2n) is 7.01. The molecule has 0 aromatic carbocycles. The molecule has 6 heteroatoms. The minimum atomic E-state index is -0.214. The van der Waals surface area contributed by atoms with Gasteiger partial charge >= 0.3 is 0 Å². The van der Waals surface area contributed by atoms with Crippen molar-refractivity contribution in [2.45, 2.75) is 32.6 Å². The highest BCUT2D eigenvalue weighted by Crippen LogP contribution is 2.43. The first-order valence-electron chi connectivity index (χ1n) is 8.06. The molecule has 2 aliphatic heterocycles. The average Bonchev–Trinajstić information content (AvgIpc) is 3.06. The summed E-state index contributed by atoms with van der Waals surface area (Å²) >= 11 is 1.54. The quantitative estimate of drug-likeness (QED) is 0.904. The number of nitrogens with one attached hydrogen (secondary N) is 1. The molecule has 1 aromatic rings. The topological polar surface area (TPSA) is 64.5 Å². The van der Waals surface area contributed by atoms with Crippen molar-refractivity contribution >= 4 is 29.0 Å². The van der Waals surface area contributed by atoms with E-state index in [0.717, 1.165) is 24.9 Å². The maximum Gasteiger partial charge on any atom is 0.254 e. The molecule has 1 aromatic heterocycles. The lowest BCUT2D eigenvalue weighted by Gasteiger charge is -2.46. The number of likely N-dealkylation sites (tertiary alicyclic amines) is 2. The first-order chi connectivity index (χ1) is 10.9. The molecule has 3 heterocycles. The summed E-state index contributed by atoms with van der Waals surface area (Å²) < 4.78 is 0. The number of rotatable bonds is 2. The summed E-state index contributed by atoms with van der Waals surface area (Å²) in [6.45, 7) is 3.58. The van der Waals surface area contributed by atoms with Gasteiger partial charge in [0.1, 0.15) is 5.84 Å². The van der Waals surface area contributed by atoms with Crippen LogP contribution < -0.4 is 0 Å². The molecule has 0 bridgehead atoms. The molecular weight excluding hydrogens is 310 g/mol. The molecule has 0 radical (unpaired) electrons. The Balaban J connectivity index is 1.74. The Morgan fingerprint density at radius 3 is 2.87 bits per heavy atom. The standard InChI is InChI=1S/C17H23N3O2S/c1-17(8-14(18)19(2)15(21)9-17)13-4-3-6-20(10-13)16(22)12-5-7-23-11-12/h5,7,11,13,18H,3-4,6,8-10H2,1-2H3/t13?,17-/m0/s1. The van der Waals surface area contributed by atoms with Crippen LogP contribution in [0.3, 0.4) is 0 Å². The van der Waals surface area contributed by atoms with Crippen molar-refractivity contribution in [3.05, 3.63) is 22.4 Å². The van der Waals surface area contributed by atoms with Gasteiger partial charge in [0.25, 0.3) is 5.91 Å². The Bertz CT molecular complexity index is 608. The van der Waals surface area contributed by atoms with Crippen molar-refractivity contribution < 1.29 is 9.59 Å². The van der Waals surface area contributed by atoms with Gasteiger partial charge in [-0.05, 0) is 35.6 Å². The summed E-state index contributed by atoms with van der Waals surface area (Å²) in [7, 11) is 1.68. The summed E-state index contributed by atoms with van der Waals surface area (Å²) in [5.74, 6) is 0.779. The lowest BCUT2D eigenvalue weighted by atomic mass is 9.67. The van der Waals surface area contributed by atoms with Gasteiger partial charge in [0.15, 0.2) is 0 Å². The van der Waals surface area contributed by atoms with E-state index in [9.17, 15) is 9.59 Å². The zero-order valence-electron chi connectivity index (χ0n) is 13.7. The van der Waals surface area contributed by atoms with Crippen molar-refractivity contribution in [1.29, 1.82) is 5.41 Å². The SMILES string of the molecule is CN1C(=N)C[C@](C)(C2CCCN(C(=O)c3ccsc3)C2)CC1=O. The van der Waals surface area contributed by atoms with E-state index in [4.69, 9.17) is 5.41 Å². The molecule has 0 spiro atoms. The Morgan fingerprint density at radius 1 is 1.43 bits per heavy atom. The molecular formula is C17H23N3O2S. The molecule has 2 fully saturated rings. The van der Waals surface area contributed by atoms with Crippen LogP contribution in [0.4, 0.5) is 0 Å². The van der Waals surface area contributed by atoms with Gasteiger partial charge in [0.2, 0.25) is 5.91 Å². The molecule has 2 amide bonds. The number of amidine groups is 1. The Kier molecular flexibility index (Phi) is 4.27. The molecule has 1 unspecified atom stereocenters. The summed E-state index contributed by atoms with van der Waals surface area (Å²) in [6.07, 6.45) is 3.07. The molecule has 0 aliphatic carbocycles. The predicted octanol–water partition coefficient (Wildman–Crippen LogP) is 2.84. The third kappa shape index (κ3) is 3.04. The molecule has 124 valence electrons. The second kappa shape index (κ2) is 6.07. The number of piperidine rings is 2. The van der Waals surface area contributed by atoms with Crippen molar-refractivity contribution in [2.24, 2.45) is 11.3 Å². The second-order valence-corrected chi connectivity index (χ2v) is 7.79. The Hall–Kier alpha value is -1.69. The van der Waals surface area contributed by atoms with Gasteiger partial charge in [-0.25, -0.2) is 0 Å². The third-order valence-corrected chi connectivity index (χ3v) is 6.05. The van der Waals surface area contributed by atoms with Gasteiger partial charge in [-0.3, -0.25) is 15.0 Å². The molecule has 0 saturated carbocycles. The van der Waals surface area contributed by atoms with Gasteiger partial charge in [0, 0.05) is 38.4 Å². The van der Waals surface area contributed by atoms with Gasteiger partial charge in [-0.1, -0.05) is 6.92 Å². The number of amides is 2. The van der Waals surface area contributed by atoms with Crippen molar-refractivity contribution in [1.82, 2.24) is 9.80 Å². The first kappa shape index (κ1) is 16.2. The normalized spacial score (nSPS) is 29.0. The maximum absolute atomic E-state index is 12.6. The highest BCUT2D eigenvalue weighted by atomic mass is 32.1. The summed E-state index contributed by atoms with van der Waals surface area (Å²) in [5, 5.41) is 11.9. The maximum atomic E-state index is 12.6. The van der Waals surface area contributed by atoms with Crippen LogP contribution in [-0.4, -0.2) is 47.6 Å². The highest BCUT2D eigenvalue weighted by Gasteiger charge is 2.44. The molecule has 2 aliphatic rings. The van der Waals surface area contributed by atoms with Crippen LogP contribution >= 0.6 is 11.3 Å². The van der Waals surface area contributed by atoms with E-state index in [2.05, 4.69) is 6.92 Å². The van der Waals surface area contributed by atoms with Crippen molar-refractivity contribution in [3.63, 3.8) is 0 Å². The lowest BCUT2D eigenvalue weighted by molar-refractivity contribution is -0.131. The zero-order valence-corrected chi connectivity index (χ0v) is 14.5. The smallest absolute Gasteiger partial charge is 0.254 e. The molecule has 2 saturated heterocycles. The van der Waals surface area contributed by atoms with E-state index in [1.807, 2.05) is 21.7 Å². The number of hydrogen-bond acceptors (Lipinski definition) is 4. The van der Waals surface area contributed by atoms with Crippen LogP contribution in [0.2, 0.25) is 0 Å². The third-order valence-electron chi connectivity index (χ3n) is 5.37. The van der Waals surface area contributed by atoms with E-state index in [1.165, 1.54) is 16.2 Å². The van der Waals surface area contributed by atoms with Crippen LogP contribution in [0.1, 0.15) is 43.0 Å². The molecule has 23 heavy (non-hydrogen) atoms. The minimum absolute atomic E-state index is 0.0186. The van der Waals surface area contributed by atoms with E-state index in [-0.39, 0.29) is 23.1 Å². The van der Waals surface area contributed by atoms with Crippen molar-refractivity contribution in [2.75, 3.05) is 20.1 Å². The summed E-state index contributed by atoms with van der Waals surface area (Å²) in [6, 6.07) is 1.87. The van der Waals surface area contributed by atoms with Crippen LogP contribution in [0.25, 0.3) is 0 Å². The predicted molar refractivity (Wildman–Crippen MR) is 90.8 cm³/mol. The fourth-order valence-electron chi connectivity index (χ4n) is 3.77. The van der Waals surface area contributed by atoms with Gasteiger partial charge in [-0.15, -0.1) is 0 Å². The van der Waals surface area contributed by atoms with Gasteiger partial charge in [-0.2, -0.15) is 11.3 Å². The van der Waals surface area contributed by atoms with Crippen molar-refractivity contribution in [3.8, 4) is 0 Å². The average molecular weight is 333 g/mol. The molecule has 1 N–H and O–H groups in total. The number of carbonyl (C=O) groups is 2. The lowest BCUT2D eigenvalue weighted by Crippen LogP contribution is -2.51.